The number of anilines is 1. The molecule has 0 saturated carbocycles. The summed E-state index contributed by atoms with van der Waals surface area (Å²) in [7, 11) is 0. The van der Waals surface area contributed by atoms with Crippen LogP contribution < -0.4 is 5.32 Å². The molecule has 0 spiro atoms. The van der Waals surface area contributed by atoms with Crippen molar-refractivity contribution < 1.29 is 9.18 Å². The van der Waals surface area contributed by atoms with Gasteiger partial charge in [0.25, 0.3) is 0 Å². The first-order chi connectivity index (χ1) is 15.1. The van der Waals surface area contributed by atoms with E-state index in [0.29, 0.717) is 11.0 Å². The van der Waals surface area contributed by atoms with E-state index in [-0.39, 0.29) is 17.5 Å². The lowest BCUT2D eigenvalue weighted by atomic mass is 10.2. The van der Waals surface area contributed by atoms with Crippen molar-refractivity contribution in [1.82, 2.24) is 14.8 Å². The number of nitrogens with zero attached hydrogens (tertiary/aromatic N) is 3. The van der Waals surface area contributed by atoms with Gasteiger partial charge in [-0.05, 0) is 48.7 Å². The predicted octanol–water partition coefficient (Wildman–Crippen LogP) is 5.53. The van der Waals surface area contributed by atoms with Crippen LogP contribution in [-0.4, -0.2) is 32.7 Å². The highest BCUT2D eigenvalue weighted by Crippen LogP contribution is 2.28. The van der Waals surface area contributed by atoms with Crippen LogP contribution in [0.2, 0.25) is 0 Å². The van der Waals surface area contributed by atoms with Gasteiger partial charge in [-0.25, -0.2) is 4.39 Å². The van der Waals surface area contributed by atoms with E-state index in [2.05, 4.69) is 15.5 Å². The third kappa shape index (κ3) is 5.15. The fraction of sp³-hybridized carbons (Fsp3) is 0.0870. The first kappa shape index (κ1) is 21.1. The number of benzene rings is 3. The van der Waals surface area contributed by atoms with Crippen LogP contribution in [0.25, 0.3) is 17.1 Å². The molecule has 0 saturated heterocycles. The lowest BCUT2D eigenvalue weighted by molar-refractivity contribution is -0.113. The molecule has 3 aromatic carbocycles. The SMILES string of the molecule is CSc1cccc(NC(=O)CSc2nnc(-c3ccccc3)n2-c2ccc(F)cc2)c1. The maximum Gasteiger partial charge on any atom is 0.234 e. The maximum atomic E-state index is 13.5. The van der Waals surface area contributed by atoms with Gasteiger partial charge >= 0.3 is 0 Å². The van der Waals surface area contributed by atoms with Gasteiger partial charge in [0.1, 0.15) is 5.82 Å². The zero-order valence-corrected chi connectivity index (χ0v) is 18.3. The Labute approximate surface area is 188 Å². The molecular weight excluding hydrogens is 431 g/mol. The maximum absolute atomic E-state index is 13.5. The molecule has 4 aromatic rings. The summed E-state index contributed by atoms with van der Waals surface area (Å²) in [5.41, 5.74) is 2.35. The van der Waals surface area contributed by atoms with Crippen LogP contribution in [-0.2, 0) is 4.79 Å². The Balaban J connectivity index is 1.57. The Hall–Kier alpha value is -3.10. The standard InChI is InChI=1S/C23H19FN4OS2/c1-30-20-9-5-8-18(14-20)25-21(29)15-31-23-27-26-22(16-6-3-2-4-7-16)28(23)19-12-10-17(24)11-13-19/h2-14H,15H2,1H3,(H,25,29). The molecule has 0 radical (unpaired) electrons. The van der Waals surface area contributed by atoms with Gasteiger partial charge in [-0.15, -0.1) is 22.0 Å². The molecule has 0 aliphatic heterocycles. The smallest absolute Gasteiger partial charge is 0.234 e. The average molecular weight is 451 g/mol. The molecule has 4 rings (SSSR count). The van der Waals surface area contributed by atoms with Gasteiger partial charge in [0.15, 0.2) is 11.0 Å². The molecule has 8 heteroatoms. The number of halogens is 1. The molecule has 1 heterocycles. The summed E-state index contributed by atoms with van der Waals surface area (Å²) in [6.07, 6.45) is 1.99. The van der Waals surface area contributed by atoms with Gasteiger partial charge in [-0.1, -0.05) is 48.2 Å². The molecule has 1 aromatic heterocycles. The van der Waals surface area contributed by atoms with Gasteiger partial charge in [0.05, 0.1) is 5.75 Å². The van der Waals surface area contributed by atoms with Gasteiger partial charge in [-0.2, -0.15) is 0 Å². The lowest BCUT2D eigenvalue weighted by Gasteiger charge is -2.11. The van der Waals surface area contributed by atoms with Crippen molar-refractivity contribution in [3.63, 3.8) is 0 Å². The predicted molar refractivity (Wildman–Crippen MR) is 124 cm³/mol. The molecule has 5 nitrogen and oxygen atoms in total. The molecule has 0 fully saturated rings. The zero-order valence-electron chi connectivity index (χ0n) is 16.7. The number of thioether (sulfide) groups is 2. The summed E-state index contributed by atoms with van der Waals surface area (Å²) in [6, 6.07) is 23.4. The monoisotopic (exact) mass is 450 g/mol. The number of hydrogen-bond donors (Lipinski definition) is 1. The third-order valence-electron chi connectivity index (χ3n) is 4.44. The Morgan fingerprint density at radius 3 is 2.52 bits per heavy atom. The van der Waals surface area contributed by atoms with Crippen molar-refractivity contribution in [3.8, 4) is 17.1 Å². The first-order valence-electron chi connectivity index (χ1n) is 9.47. The summed E-state index contributed by atoms with van der Waals surface area (Å²) in [5.74, 6) is 0.331. The van der Waals surface area contributed by atoms with Crippen LogP contribution in [0.4, 0.5) is 10.1 Å². The summed E-state index contributed by atoms with van der Waals surface area (Å²) in [4.78, 5) is 13.6. The third-order valence-corrected chi connectivity index (χ3v) is 6.09. The summed E-state index contributed by atoms with van der Waals surface area (Å²) in [6.45, 7) is 0. The minimum atomic E-state index is -0.320. The molecule has 1 N–H and O–H groups in total. The van der Waals surface area contributed by atoms with Gasteiger partial charge in [0.2, 0.25) is 5.91 Å². The summed E-state index contributed by atoms with van der Waals surface area (Å²) in [5, 5.41) is 12.1. The zero-order chi connectivity index (χ0) is 21.6. The number of aromatic nitrogens is 3. The minimum absolute atomic E-state index is 0.141. The van der Waals surface area contributed by atoms with Crippen LogP contribution in [0.5, 0.6) is 0 Å². The molecule has 0 aliphatic carbocycles. The molecular formula is C23H19FN4OS2. The fourth-order valence-electron chi connectivity index (χ4n) is 2.99. The summed E-state index contributed by atoms with van der Waals surface area (Å²) < 4.78 is 15.3. The molecule has 0 unspecified atom stereocenters. The van der Waals surface area contributed by atoms with Crippen molar-refractivity contribution in [2.75, 3.05) is 17.3 Å². The van der Waals surface area contributed by atoms with Crippen LogP contribution in [0.1, 0.15) is 0 Å². The van der Waals surface area contributed by atoms with Gasteiger partial charge < -0.3 is 5.32 Å². The summed E-state index contributed by atoms with van der Waals surface area (Å²) >= 11 is 2.89. The second kappa shape index (κ2) is 9.80. The second-order valence-corrected chi connectivity index (χ2v) is 8.37. The Morgan fingerprint density at radius 1 is 1.00 bits per heavy atom. The minimum Gasteiger partial charge on any atom is -0.325 e. The molecule has 0 bridgehead atoms. The fourth-order valence-corrected chi connectivity index (χ4v) is 4.20. The van der Waals surface area contributed by atoms with Crippen molar-refractivity contribution in [2.45, 2.75) is 10.1 Å². The largest absolute Gasteiger partial charge is 0.325 e. The number of carbonyl (C=O) groups is 1. The lowest BCUT2D eigenvalue weighted by Crippen LogP contribution is -2.14. The van der Waals surface area contributed by atoms with E-state index in [1.165, 1.54) is 23.9 Å². The Morgan fingerprint density at radius 2 is 1.77 bits per heavy atom. The number of rotatable bonds is 7. The highest BCUT2D eigenvalue weighted by atomic mass is 32.2. The second-order valence-electron chi connectivity index (χ2n) is 6.55. The van der Waals surface area contributed by atoms with Crippen molar-refractivity contribution in [2.24, 2.45) is 0 Å². The van der Waals surface area contributed by atoms with Crippen molar-refractivity contribution in [3.05, 3.63) is 84.7 Å². The molecule has 0 aliphatic rings. The van der Waals surface area contributed by atoms with Gasteiger partial charge in [0, 0.05) is 21.8 Å². The number of carbonyl (C=O) groups excluding carboxylic acids is 1. The van der Waals surface area contributed by atoms with Crippen molar-refractivity contribution >= 4 is 35.1 Å². The van der Waals surface area contributed by atoms with E-state index in [1.807, 2.05) is 65.4 Å². The van der Waals surface area contributed by atoms with E-state index in [1.54, 1.807) is 23.9 Å². The van der Waals surface area contributed by atoms with E-state index in [9.17, 15) is 9.18 Å². The van der Waals surface area contributed by atoms with Crippen molar-refractivity contribution in [1.29, 1.82) is 0 Å². The molecule has 31 heavy (non-hydrogen) atoms. The number of nitrogens with one attached hydrogen (secondary N) is 1. The van der Waals surface area contributed by atoms with E-state index in [4.69, 9.17) is 0 Å². The van der Waals surface area contributed by atoms with Crippen LogP contribution in [0, 0.1) is 5.82 Å². The van der Waals surface area contributed by atoms with Crippen LogP contribution >= 0.6 is 23.5 Å². The van der Waals surface area contributed by atoms with Gasteiger partial charge in [-0.3, -0.25) is 9.36 Å². The highest BCUT2D eigenvalue weighted by molar-refractivity contribution is 7.99. The normalized spacial score (nSPS) is 10.8. The van der Waals surface area contributed by atoms with Crippen LogP contribution in [0.3, 0.4) is 0 Å². The molecule has 156 valence electrons. The molecule has 1 amide bonds. The average Bonchev–Trinajstić information content (AvgIpc) is 3.23. The quantitative estimate of drug-likeness (QED) is 0.375. The Kier molecular flexibility index (Phi) is 6.69. The molecule has 0 atom stereocenters. The van der Waals surface area contributed by atoms with Crippen LogP contribution in [0.15, 0.2) is 88.9 Å². The van der Waals surface area contributed by atoms with E-state index in [0.717, 1.165) is 21.8 Å². The topological polar surface area (TPSA) is 59.8 Å². The number of amides is 1. The highest BCUT2D eigenvalue weighted by Gasteiger charge is 2.17. The van der Waals surface area contributed by atoms with E-state index >= 15 is 0 Å². The number of hydrogen-bond acceptors (Lipinski definition) is 5. The first-order valence-corrected chi connectivity index (χ1v) is 11.7. The van der Waals surface area contributed by atoms with E-state index < -0.39 is 0 Å². The Bertz CT molecular complexity index is 1180.